The maximum Gasteiger partial charge on any atom is 0.327 e. The average Bonchev–Trinajstić information content (AvgIpc) is 3.21. The van der Waals surface area contributed by atoms with Crippen LogP contribution in [0.3, 0.4) is 0 Å². The summed E-state index contributed by atoms with van der Waals surface area (Å²) in [7, 11) is 0. The number of thioether (sulfide) groups is 1. The van der Waals surface area contributed by atoms with Gasteiger partial charge >= 0.3 is 5.97 Å². The molecule has 0 saturated carbocycles. The van der Waals surface area contributed by atoms with Crippen LogP contribution in [0.5, 0.6) is 0 Å². The summed E-state index contributed by atoms with van der Waals surface area (Å²) in [6.07, 6.45) is 1.43. The van der Waals surface area contributed by atoms with Crippen molar-refractivity contribution < 1.29 is 24.0 Å². The third-order valence-electron chi connectivity index (χ3n) is 4.31. The molecule has 0 spiro atoms. The van der Waals surface area contributed by atoms with Gasteiger partial charge in [0, 0.05) is 17.2 Å². The zero-order valence-corrected chi connectivity index (χ0v) is 18.1. The molecule has 0 unspecified atom stereocenters. The lowest BCUT2D eigenvalue weighted by Crippen LogP contribution is -2.47. The SMILES string of the molecule is CC(C)[C@@H](C(=O)O)N1C(=O)/C(=C\c2ccc(-c3ccc(Cl)cc3[N+](=O)[O-])o2)SC1=S. The molecule has 8 nitrogen and oxygen atoms in total. The molecular formula is C19H15ClN2O6S2. The van der Waals surface area contributed by atoms with Crippen LogP contribution in [-0.2, 0) is 9.59 Å². The maximum absolute atomic E-state index is 12.8. The number of aliphatic carboxylic acids is 1. The van der Waals surface area contributed by atoms with Gasteiger partial charge in [0.05, 0.1) is 15.4 Å². The van der Waals surface area contributed by atoms with Gasteiger partial charge in [-0.1, -0.05) is 49.4 Å². The summed E-state index contributed by atoms with van der Waals surface area (Å²) < 4.78 is 5.81. The molecule has 2 heterocycles. The minimum atomic E-state index is -1.14. The summed E-state index contributed by atoms with van der Waals surface area (Å²) in [6.45, 7) is 3.39. The van der Waals surface area contributed by atoms with Crippen LogP contribution in [0.25, 0.3) is 17.4 Å². The fourth-order valence-electron chi connectivity index (χ4n) is 2.98. The van der Waals surface area contributed by atoms with Crippen molar-refractivity contribution in [3.8, 4) is 11.3 Å². The Hall–Kier alpha value is -2.69. The van der Waals surface area contributed by atoms with Gasteiger partial charge in [0.25, 0.3) is 11.6 Å². The molecule has 2 aromatic rings. The van der Waals surface area contributed by atoms with E-state index in [2.05, 4.69) is 0 Å². The van der Waals surface area contributed by atoms with Crippen molar-refractivity contribution in [2.24, 2.45) is 5.92 Å². The first-order valence-corrected chi connectivity index (χ1v) is 10.2. The highest BCUT2D eigenvalue weighted by atomic mass is 35.5. The molecule has 1 saturated heterocycles. The van der Waals surface area contributed by atoms with E-state index in [0.29, 0.717) is 0 Å². The molecule has 1 amide bonds. The summed E-state index contributed by atoms with van der Waals surface area (Å²) in [6, 6.07) is 6.22. The van der Waals surface area contributed by atoms with Gasteiger partial charge in [-0.15, -0.1) is 0 Å². The van der Waals surface area contributed by atoms with Gasteiger partial charge in [0.2, 0.25) is 0 Å². The number of carbonyl (C=O) groups is 2. The average molecular weight is 467 g/mol. The second-order valence-corrected chi connectivity index (χ2v) is 8.81. The molecule has 0 bridgehead atoms. The molecule has 30 heavy (non-hydrogen) atoms. The predicted molar refractivity (Wildman–Crippen MR) is 117 cm³/mol. The van der Waals surface area contributed by atoms with Crippen molar-refractivity contribution >= 4 is 63.5 Å². The molecule has 1 aliphatic rings. The molecule has 1 fully saturated rings. The van der Waals surface area contributed by atoms with Crippen molar-refractivity contribution in [3.63, 3.8) is 0 Å². The lowest BCUT2D eigenvalue weighted by atomic mass is 10.0. The number of thiocarbonyl (C=S) groups is 1. The first kappa shape index (κ1) is 22.0. The zero-order chi connectivity index (χ0) is 22.2. The maximum atomic E-state index is 12.8. The van der Waals surface area contributed by atoms with E-state index in [0.717, 1.165) is 16.7 Å². The van der Waals surface area contributed by atoms with E-state index in [1.807, 2.05) is 0 Å². The van der Waals surface area contributed by atoms with E-state index in [1.165, 1.54) is 30.3 Å². The number of hydrogen-bond donors (Lipinski definition) is 1. The Bertz CT molecular complexity index is 1090. The van der Waals surface area contributed by atoms with Crippen LogP contribution in [0.4, 0.5) is 5.69 Å². The van der Waals surface area contributed by atoms with Gasteiger partial charge in [0.1, 0.15) is 21.9 Å². The van der Waals surface area contributed by atoms with Crippen LogP contribution >= 0.6 is 35.6 Å². The Balaban J connectivity index is 1.93. The van der Waals surface area contributed by atoms with E-state index in [-0.39, 0.29) is 42.9 Å². The summed E-state index contributed by atoms with van der Waals surface area (Å²) in [5, 5.41) is 21.0. The Labute approximate surface area is 185 Å². The second-order valence-electron chi connectivity index (χ2n) is 6.70. The van der Waals surface area contributed by atoms with Gasteiger partial charge in [-0.25, -0.2) is 4.79 Å². The first-order chi connectivity index (χ1) is 14.1. The Morgan fingerprint density at radius 2 is 2.07 bits per heavy atom. The summed E-state index contributed by atoms with van der Waals surface area (Å²) in [5.74, 6) is -1.51. The van der Waals surface area contributed by atoms with Gasteiger partial charge in [-0.3, -0.25) is 19.8 Å². The highest BCUT2D eigenvalue weighted by Crippen LogP contribution is 2.37. The minimum absolute atomic E-state index is 0.146. The van der Waals surface area contributed by atoms with Gasteiger partial charge < -0.3 is 9.52 Å². The smallest absolute Gasteiger partial charge is 0.327 e. The molecular weight excluding hydrogens is 452 g/mol. The standard InChI is InChI=1S/C19H15ClN2O6S2/c1-9(2)16(18(24)25)21-17(23)15(30-19(21)29)8-11-4-6-14(28-11)12-5-3-10(20)7-13(12)22(26)27/h3-9,16H,1-2H3,(H,24,25)/b15-8+/t16-/m0/s1. The predicted octanol–water partition coefficient (Wildman–Crippen LogP) is 4.82. The number of carbonyl (C=O) groups excluding carboxylic acids is 1. The molecule has 3 rings (SSSR count). The molecule has 1 N–H and O–H groups in total. The van der Waals surface area contributed by atoms with Gasteiger partial charge in [0.15, 0.2) is 0 Å². The molecule has 0 aliphatic carbocycles. The zero-order valence-electron chi connectivity index (χ0n) is 15.7. The third kappa shape index (κ3) is 4.25. The van der Waals surface area contributed by atoms with Crippen molar-refractivity contribution in [3.05, 3.63) is 56.1 Å². The number of nitro groups is 1. The Morgan fingerprint density at radius 1 is 1.37 bits per heavy atom. The summed E-state index contributed by atoms with van der Waals surface area (Å²) >= 11 is 12.0. The Morgan fingerprint density at radius 3 is 2.67 bits per heavy atom. The summed E-state index contributed by atoms with van der Waals surface area (Å²) in [5.41, 5.74) is 0.0262. The number of amides is 1. The fraction of sp³-hybridized carbons (Fsp3) is 0.211. The quantitative estimate of drug-likeness (QED) is 0.279. The van der Waals surface area contributed by atoms with Crippen LogP contribution in [-0.4, -0.2) is 37.2 Å². The highest BCUT2D eigenvalue weighted by molar-refractivity contribution is 8.26. The summed E-state index contributed by atoms with van der Waals surface area (Å²) in [4.78, 5) is 36.4. The first-order valence-electron chi connectivity index (χ1n) is 8.64. The van der Waals surface area contributed by atoms with Crippen LogP contribution < -0.4 is 0 Å². The van der Waals surface area contributed by atoms with E-state index >= 15 is 0 Å². The highest BCUT2D eigenvalue weighted by Gasteiger charge is 2.42. The van der Waals surface area contributed by atoms with E-state index in [1.54, 1.807) is 19.9 Å². The van der Waals surface area contributed by atoms with Crippen LogP contribution in [0.1, 0.15) is 19.6 Å². The normalized spacial score (nSPS) is 16.5. The number of benzene rings is 1. The van der Waals surface area contributed by atoms with Crippen LogP contribution in [0, 0.1) is 16.0 Å². The number of carboxylic acids is 1. The largest absolute Gasteiger partial charge is 0.480 e. The lowest BCUT2D eigenvalue weighted by Gasteiger charge is -2.26. The fourth-order valence-corrected chi connectivity index (χ4v) is 4.46. The number of rotatable bonds is 6. The van der Waals surface area contributed by atoms with Crippen molar-refractivity contribution in [1.82, 2.24) is 4.90 Å². The Kier molecular flexibility index (Phi) is 6.30. The van der Waals surface area contributed by atoms with Crippen molar-refractivity contribution in [1.29, 1.82) is 0 Å². The van der Waals surface area contributed by atoms with Gasteiger partial charge in [-0.2, -0.15) is 0 Å². The molecule has 1 aromatic carbocycles. The van der Waals surface area contributed by atoms with E-state index in [4.69, 9.17) is 28.2 Å². The molecule has 1 aliphatic heterocycles. The molecule has 11 heteroatoms. The van der Waals surface area contributed by atoms with Crippen LogP contribution in [0.15, 0.2) is 39.7 Å². The number of carboxylic acid groups (broad SMARTS) is 1. The third-order valence-corrected chi connectivity index (χ3v) is 5.87. The van der Waals surface area contributed by atoms with Crippen molar-refractivity contribution in [2.75, 3.05) is 0 Å². The van der Waals surface area contributed by atoms with Crippen LogP contribution in [0.2, 0.25) is 5.02 Å². The molecule has 1 aromatic heterocycles. The molecule has 156 valence electrons. The van der Waals surface area contributed by atoms with Crippen molar-refractivity contribution in [2.45, 2.75) is 19.9 Å². The number of nitrogens with zero attached hydrogens (tertiary/aromatic N) is 2. The minimum Gasteiger partial charge on any atom is -0.480 e. The molecule has 1 atom stereocenters. The number of nitro benzene ring substituents is 1. The number of halogens is 1. The second kappa shape index (κ2) is 8.58. The van der Waals surface area contributed by atoms with E-state index < -0.39 is 22.8 Å². The van der Waals surface area contributed by atoms with Gasteiger partial charge in [-0.05, 0) is 30.2 Å². The van der Waals surface area contributed by atoms with E-state index in [9.17, 15) is 24.8 Å². The monoisotopic (exact) mass is 466 g/mol. The lowest BCUT2D eigenvalue weighted by molar-refractivity contribution is -0.384. The number of hydrogen-bond acceptors (Lipinski definition) is 7. The topological polar surface area (TPSA) is 114 Å². The number of furan rings is 1. The molecule has 0 radical (unpaired) electrons.